The van der Waals surface area contributed by atoms with Gasteiger partial charge in [0.05, 0.1) is 0 Å². The van der Waals surface area contributed by atoms with Crippen LogP contribution in [0.2, 0.25) is 0 Å². The second-order valence-electron chi connectivity index (χ2n) is 3.57. The first kappa shape index (κ1) is 12.6. The van der Waals surface area contributed by atoms with E-state index in [1.165, 1.54) is 5.56 Å². The highest BCUT2D eigenvalue weighted by atomic mass is 79.9. The fraction of sp³-hybridized carbons (Fsp3) is 0.231. The van der Waals surface area contributed by atoms with E-state index in [9.17, 15) is 0 Å². The predicted molar refractivity (Wildman–Crippen MR) is 75.1 cm³/mol. The van der Waals surface area contributed by atoms with Crippen LogP contribution in [0.15, 0.2) is 46.0 Å². The molecule has 0 radical (unpaired) electrons. The maximum atomic E-state index is 4.49. The van der Waals surface area contributed by atoms with Crippen LogP contribution in [0, 0.1) is 0 Å². The molecule has 1 aromatic carbocycles. The molecule has 2 aromatic rings. The summed E-state index contributed by atoms with van der Waals surface area (Å²) >= 11 is 5.15. The van der Waals surface area contributed by atoms with Crippen molar-refractivity contribution in [3.05, 3.63) is 52.4 Å². The molecule has 0 saturated heterocycles. The Bertz CT molecular complexity index is 488. The van der Waals surface area contributed by atoms with Crippen molar-refractivity contribution in [3.8, 4) is 0 Å². The third-order valence-corrected chi connectivity index (χ3v) is 3.65. The second kappa shape index (κ2) is 6.17. The molecule has 0 unspecified atom stereocenters. The van der Waals surface area contributed by atoms with Crippen LogP contribution in [0.1, 0.15) is 18.3 Å². The molecule has 1 aromatic heterocycles. The molecule has 0 aliphatic heterocycles. The van der Waals surface area contributed by atoms with E-state index in [4.69, 9.17) is 0 Å². The molecule has 0 atom stereocenters. The Balaban J connectivity index is 2.06. The number of rotatable bonds is 4. The molecule has 0 amide bonds. The summed E-state index contributed by atoms with van der Waals surface area (Å²) in [5, 5.41) is 1.02. The van der Waals surface area contributed by atoms with Crippen molar-refractivity contribution in [1.82, 2.24) is 9.97 Å². The first-order valence-electron chi connectivity index (χ1n) is 5.48. The van der Waals surface area contributed by atoms with Crippen LogP contribution in [0.25, 0.3) is 0 Å². The molecule has 4 heteroatoms. The minimum Gasteiger partial charge on any atom is -0.227 e. The van der Waals surface area contributed by atoms with Gasteiger partial charge in [-0.3, -0.25) is 0 Å². The number of nitrogens with zero attached hydrogens (tertiary/aromatic N) is 2. The number of hydrogen-bond acceptors (Lipinski definition) is 3. The molecule has 0 aliphatic carbocycles. The zero-order valence-corrected chi connectivity index (χ0v) is 12.0. The van der Waals surface area contributed by atoms with E-state index in [0.717, 1.165) is 27.6 Å². The number of hydrogen-bond donors (Lipinski definition) is 0. The van der Waals surface area contributed by atoms with Gasteiger partial charge in [-0.1, -0.05) is 37.3 Å². The molecule has 0 fully saturated rings. The third kappa shape index (κ3) is 3.82. The van der Waals surface area contributed by atoms with Crippen LogP contribution in [-0.4, -0.2) is 9.97 Å². The highest BCUT2D eigenvalue weighted by molar-refractivity contribution is 9.10. The molecule has 88 valence electrons. The van der Waals surface area contributed by atoms with E-state index in [1.54, 1.807) is 11.8 Å². The number of aryl methyl sites for hydroxylation is 1. The van der Waals surface area contributed by atoms with Gasteiger partial charge in [0.25, 0.3) is 0 Å². The van der Waals surface area contributed by atoms with Crippen molar-refractivity contribution >= 4 is 27.7 Å². The lowest BCUT2D eigenvalue weighted by Gasteiger charge is -2.03. The highest BCUT2D eigenvalue weighted by Gasteiger charge is 2.02. The molecule has 17 heavy (non-hydrogen) atoms. The quantitative estimate of drug-likeness (QED) is 0.628. The van der Waals surface area contributed by atoms with Crippen molar-refractivity contribution in [2.24, 2.45) is 0 Å². The van der Waals surface area contributed by atoms with Gasteiger partial charge < -0.3 is 0 Å². The fourth-order valence-corrected chi connectivity index (χ4v) is 2.85. The Labute approximate surface area is 114 Å². The summed E-state index contributed by atoms with van der Waals surface area (Å²) in [5.74, 6) is 1.82. The Morgan fingerprint density at radius 1 is 1.18 bits per heavy atom. The maximum absolute atomic E-state index is 4.49. The largest absolute Gasteiger partial charge is 0.227 e. The van der Waals surface area contributed by atoms with E-state index in [-0.39, 0.29) is 0 Å². The lowest BCUT2D eigenvalue weighted by Crippen LogP contribution is -1.94. The smallest absolute Gasteiger partial charge is 0.130 e. The summed E-state index contributed by atoms with van der Waals surface area (Å²) < 4.78 is 0.861. The molecule has 2 nitrogen and oxygen atoms in total. The summed E-state index contributed by atoms with van der Waals surface area (Å²) in [4.78, 5) is 8.79. The predicted octanol–water partition coefficient (Wildman–Crippen LogP) is 4.09. The fourth-order valence-electron chi connectivity index (χ4n) is 1.41. The maximum Gasteiger partial charge on any atom is 0.130 e. The molecule has 2 rings (SSSR count). The molecule has 0 bridgehead atoms. The molecule has 1 heterocycles. The number of aromatic nitrogens is 2. The standard InChI is InChI=1S/C13H13BrN2S/c1-2-12-15-11(14)8-13(16-12)17-9-10-6-4-3-5-7-10/h3-8H,2,9H2,1H3. The van der Waals surface area contributed by atoms with Crippen molar-refractivity contribution in [2.45, 2.75) is 24.1 Å². The van der Waals surface area contributed by atoms with Crippen LogP contribution in [-0.2, 0) is 12.2 Å². The zero-order chi connectivity index (χ0) is 12.1. The van der Waals surface area contributed by atoms with E-state index >= 15 is 0 Å². The highest BCUT2D eigenvalue weighted by Crippen LogP contribution is 2.23. The first-order valence-corrected chi connectivity index (χ1v) is 7.26. The average Bonchev–Trinajstić information content (AvgIpc) is 2.37. The third-order valence-electron chi connectivity index (χ3n) is 2.26. The van der Waals surface area contributed by atoms with Gasteiger partial charge in [-0.2, -0.15) is 0 Å². The lowest BCUT2D eigenvalue weighted by molar-refractivity contribution is 0.877. The summed E-state index contributed by atoms with van der Waals surface area (Å²) in [6.07, 6.45) is 0.859. The van der Waals surface area contributed by atoms with E-state index < -0.39 is 0 Å². The summed E-state index contributed by atoms with van der Waals surface area (Å²) in [7, 11) is 0. The molecule has 0 saturated carbocycles. The normalized spacial score (nSPS) is 10.5. The van der Waals surface area contributed by atoms with Gasteiger partial charge in [0.2, 0.25) is 0 Å². The number of thioether (sulfide) groups is 1. The van der Waals surface area contributed by atoms with E-state index in [0.29, 0.717) is 0 Å². The zero-order valence-electron chi connectivity index (χ0n) is 9.56. The monoisotopic (exact) mass is 308 g/mol. The van der Waals surface area contributed by atoms with Crippen LogP contribution in [0.5, 0.6) is 0 Å². The molecule has 0 spiro atoms. The van der Waals surface area contributed by atoms with Crippen molar-refractivity contribution in [1.29, 1.82) is 0 Å². The van der Waals surface area contributed by atoms with Crippen LogP contribution < -0.4 is 0 Å². The minimum absolute atomic E-state index is 0.859. The molecular weight excluding hydrogens is 296 g/mol. The molecular formula is C13H13BrN2S. The summed E-state index contributed by atoms with van der Waals surface area (Å²) in [6.45, 7) is 2.06. The van der Waals surface area contributed by atoms with Gasteiger partial charge in [-0.05, 0) is 21.5 Å². The van der Waals surface area contributed by atoms with Crippen molar-refractivity contribution in [2.75, 3.05) is 0 Å². The Morgan fingerprint density at radius 2 is 1.94 bits per heavy atom. The van der Waals surface area contributed by atoms with Crippen LogP contribution >= 0.6 is 27.7 Å². The number of benzene rings is 1. The number of halogens is 1. The van der Waals surface area contributed by atoms with Crippen LogP contribution in [0.4, 0.5) is 0 Å². The van der Waals surface area contributed by atoms with Gasteiger partial charge in [-0.15, -0.1) is 11.8 Å². The molecule has 0 aliphatic rings. The lowest BCUT2D eigenvalue weighted by atomic mass is 10.2. The van der Waals surface area contributed by atoms with Crippen molar-refractivity contribution < 1.29 is 0 Å². The Hall–Kier alpha value is -0.870. The Kier molecular flexibility index (Phi) is 4.57. The molecule has 0 N–H and O–H groups in total. The van der Waals surface area contributed by atoms with Crippen molar-refractivity contribution in [3.63, 3.8) is 0 Å². The van der Waals surface area contributed by atoms with Gasteiger partial charge in [-0.25, -0.2) is 9.97 Å². The Morgan fingerprint density at radius 3 is 2.65 bits per heavy atom. The minimum atomic E-state index is 0.859. The van der Waals surface area contributed by atoms with Gasteiger partial charge in [0.1, 0.15) is 15.5 Å². The van der Waals surface area contributed by atoms with Gasteiger partial charge in [0.15, 0.2) is 0 Å². The van der Waals surface area contributed by atoms with E-state index in [2.05, 4.69) is 57.1 Å². The topological polar surface area (TPSA) is 25.8 Å². The summed E-state index contributed by atoms with van der Waals surface area (Å²) in [5.41, 5.74) is 1.31. The van der Waals surface area contributed by atoms with Crippen LogP contribution in [0.3, 0.4) is 0 Å². The first-order chi connectivity index (χ1) is 8.28. The van der Waals surface area contributed by atoms with Gasteiger partial charge in [0, 0.05) is 18.2 Å². The van der Waals surface area contributed by atoms with E-state index in [1.807, 2.05) is 12.1 Å². The average molecular weight is 309 g/mol. The second-order valence-corrected chi connectivity index (χ2v) is 5.38. The summed E-state index contributed by atoms with van der Waals surface area (Å²) in [6, 6.07) is 12.4. The van der Waals surface area contributed by atoms with Gasteiger partial charge >= 0.3 is 0 Å². The SMILES string of the molecule is CCc1nc(Br)cc(SCc2ccccc2)n1.